The maximum absolute atomic E-state index is 12.1. The molecule has 21 heavy (non-hydrogen) atoms. The second kappa shape index (κ2) is 5.48. The third kappa shape index (κ3) is 2.65. The topological polar surface area (TPSA) is 95.5 Å². The molecule has 0 unspecified atom stereocenters. The highest BCUT2D eigenvalue weighted by atomic mass is 32.1. The molecular weight excluding hydrogens is 292 g/mol. The Hall–Kier alpha value is -1.89. The number of carbonyl (C=O) groups excluding carboxylic acids is 2. The molecule has 1 aliphatic heterocycles. The van der Waals surface area contributed by atoms with E-state index in [-0.39, 0.29) is 17.4 Å². The largest absolute Gasteiger partial charge is 0.478 e. The first-order chi connectivity index (χ1) is 10.1. The van der Waals surface area contributed by atoms with Gasteiger partial charge in [-0.1, -0.05) is 0 Å². The minimum absolute atomic E-state index is 0.140. The Labute approximate surface area is 125 Å². The van der Waals surface area contributed by atoms with Crippen molar-refractivity contribution in [1.82, 2.24) is 5.32 Å². The van der Waals surface area contributed by atoms with E-state index < -0.39 is 12.0 Å². The number of carboxylic acid groups (broad SMARTS) is 1. The average molecular weight is 308 g/mol. The minimum Gasteiger partial charge on any atom is -0.478 e. The van der Waals surface area contributed by atoms with E-state index in [0.29, 0.717) is 17.8 Å². The van der Waals surface area contributed by atoms with Crippen LogP contribution in [0.3, 0.4) is 0 Å². The van der Waals surface area contributed by atoms with Crippen LogP contribution in [0.25, 0.3) is 0 Å². The first-order valence-corrected chi connectivity index (χ1v) is 7.86. The number of nitrogens with one attached hydrogen (secondary N) is 2. The quantitative estimate of drug-likeness (QED) is 0.789. The lowest BCUT2D eigenvalue weighted by atomic mass is 9.95. The van der Waals surface area contributed by atoms with E-state index in [1.54, 1.807) is 0 Å². The fourth-order valence-corrected chi connectivity index (χ4v) is 4.17. The molecule has 1 saturated heterocycles. The summed E-state index contributed by atoms with van der Waals surface area (Å²) in [6.45, 7) is 0. The Bertz CT molecular complexity index is 623. The van der Waals surface area contributed by atoms with Crippen molar-refractivity contribution >= 4 is 34.1 Å². The molecule has 0 spiro atoms. The van der Waals surface area contributed by atoms with Crippen molar-refractivity contribution in [1.29, 1.82) is 0 Å². The van der Waals surface area contributed by atoms with Gasteiger partial charge < -0.3 is 15.7 Å². The summed E-state index contributed by atoms with van der Waals surface area (Å²) in [7, 11) is 0. The van der Waals surface area contributed by atoms with E-state index in [0.717, 1.165) is 36.1 Å². The molecular formula is C14H16N2O4S. The highest BCUT2D eigenvalue weighted by Crippen LogP contribution is 2.38. The van der Waals surface area contributed by atoms with Gasteiger partial charge in [0.1, 0.15) is 11.0 Å². The normalized spacial score (nSPS) is 20.8. The van der Waals surface area contributed by atoms with Crippen molar-refractivity contribution in [2.75, 3.05) is 5.32 Å². The zero-order chi connectivity index (χ0) is 15.0. The first-order valence-electron chi connectivity index (χ1n) is 7.04. The van der Waals surface area contributed by atoms with Crippen LogP contribution >= 0.6 is 11.3 Å². The molecule has 1 fully saturated rings. The molecule has 0 saturated carbocycles. The number of carboxylic acids is 1. The SMILES string of the molecule is O=C1CC[C@H](C(=O)Nc2sc3c(c2C(=O)O)CCCC3)N1. The third-order valence-corrected chi connectivity index (χ3v) is 5.14. The Kier molecular flexibility index (Phi) is 3.67. The number of hydrogen-bond donors (Lipinski definition) is 3. The molecule has 6 nitrogen and oxygen atoms in total. The number of carbonyl (C=O) groups is 3. The number of rotatable bonds is 3. The molecule has 1 aromatic rings. The molecule has 0 radical (unpaired) electrons. The van der Waals surface area contributed by atoms with Crippen LogP contribution in [-0.4, -0.2) is 28.9 Å². The first kappa shape index (κ1) is 14.1. The van der Waals surface area contributed by atoms with Gasteiger partial charge in [0.15, 0.2) is 0 Å². The molecule has 3 rings (SSSR count). The van der Waals surface area contributed by atoms with Crippen molar-refractivity contribution in [2.45, 2.75) is 44.6 Å². The fraction of sp³-hybridized carbons (Fsp3) is 0.500. The Morgan fingerprint density at radius 3 is 2.67 bits per heavy atom. The second-order valence-electron chi connectivity index (χ2n) is 5.37. The maximum atomic E-state index is 12.1. The van der Waals surface area contributed by atoms with Gasteiger partial charge in [0.05, 0.1) is 5.56 Å². The molecule has 2 aliphatic rings. The van der Waals surface area contributed by atoms with Gasteiger partial charge in [-0.15, -0.1) is 11.3 Å². The van der Waals surface area contributed by atoms with E-state index in [2.05, 4.69) is 10.6 Å². The van der Waals surface area contributed by atoms with Crippen LogP contribution in [-0.2, 0) is 22.4 Å². The lowest BCUT2D eigenvalue weighted by Gasteiger charge is -2.11. The molecule has 1 aromatic heterocycles. The summed E-state index contributed by atoms with van der Waals surface area (Å²) in [5.74, 6) is -1.47. The predicted molar refractivity (Wildman–Crippen MR) is 77.7 cm³/mol. The molecule has 3 N–H and O–H groups in total. The van der Waals surface area contributed by atoms with Crippen molar-refractivity contribution in [3.05, 3.63) is 16.0 Å². The van der Waals surface area contributed by atoms with Crippen LogP contribution in [0.15, 0.2) is 0 Å². The van der Waals surface area contributed by atoms with Crippen LogP contribution < -0.4 is 10.6 Å². The van der Waals surface area contributed by atoms with Crippen LogP contribution in [0.5, 0.6) is 0 Å². The number of fused-ring (bicyclic) bond motifs is 1. The molecule has 2 heterocycles. The summed E-state index contributed by atoms with van der Waals surface area (Å²) < 4.78 is 0. The summed E-state index contributed by atoms with van der Waals surface area (Å²) in [6.07, 6.45) is 4.46. The van der Waals surface area contributed by atoms with Crippen LogP contribution in [0.1, 0.15) is 46.5 Å². The zero-order valence-electron chi connectivity index (χ0n) is 11.4. The second-order valence-corrected chi connectivity index (χ2v) is 6.47. The fourth-order valence-electron chi connectivity index (χ4n) is 2.89. The molecule has 2 amide bonds. The van der Waals surface area contributed by atoms with E-state index in [1.165, 1.54) is 11.3 Å². The number of anilines is 1. The lowest BCUT2D eigenvalue weighted by molar-refractivity contribution is -0.122. The van der Waals surface area contributed by atoms with Crippen LogP contribution in [0, 0.1) is 0 Å². The van der Waals surface area contributed by atoms with Gasteiger partial charge in [0.2, 0.25) is 11.8 Å². The molecule has 7 heteroatoms. The number of hydrogen-bond acceptors (Lipinski definition) is 4. The van der Waals surface area contributed by atoms with E-state index in [9.17, 15) is 19.5 Å². The van der Waals surface area contributed by atoms with Crippen LogP contribution in [0.2, 0.25) is 0 Å². The Balaban J connectivity index is 1.84. The molecule has 112 valence electrons. The molecule has 0 bridgehead atoms. The standard InChI is InChI=1S/C14H16N2O4S/c17-10-6-5-8(15-10)12(18)16-13-11(14(19)20)7-3-1-2-4-9(7)21-13/h8H,1-6H2,(H,15,17)(H,16,18)(H,19,20)/t8-/m1/s1. The average Bonchev–Trinajstić information content (AvgIpc) is 3.01. The Morgan fingerprint density at radius 1 is 1.24 bits per heavy atom. The number of aromatic carboxylic acids is 1. The van der Waals surface area contributed by atoms with E-state index in [4.69, 9.17) is 0 Å². The third-order valence-electron chi connectivity index (χ3n) is 3.93. The van der Waals surface area contributed by atoms with E-state index in [1.807, 2.05) is 0 Å². The highest BCUT2D eigenvalue weighted by Gasteiger charge is 2.30. The van der Waals surface area contributed by atoms with Gasteiger partial charge in [0, 0.05) is 11.3 Å². The van der Waals surface area contributed by atoms with Gasteiger partial charge in [-0.25, -0.2) is 4.79 Å². The zero-order valence-corrected chi connectivity index (χ0v) is 12.2. The lowest BCUT2D eigenvalue weighted by Crippen LogP contribution is -2.37. The van der Waals surface area contributed by atoms with Crippen LogP contribution in [0.4, 0.5) is 5.00 Å². The van der Waals surface area contributed by atoms with E-state index >= 15 is 0 Å². The number of aryl methyl sites for hydroxylation is 1. The van der Waals surface area contributed by atoms with Gasteiger partial charge in [-0.05, 0) is 37.7 Å². The van der Waals surface area contributed by atoms with Crippen molar-refractivity contribution in [2.24, 2.45) is 0 Å². The number of thiophene rings is 1. The van der Waals surface area contributed by atoms with Crippen molar-refractivity contribution < 1.29 is 19.5 Å². The Morgan fingerprint density at radius 2 is 2.00 bits per heavy atom. The summed E-state index contributed by atoms with van der Waals surface area (Å²) in [5.41, 5.74) is 1.09. The smallest absolute Gasteiger partial charge is 0.339 e. The van der Waals surface area contributed by atoms with Gasteiger partial charge >= 0.3 is 5.97 Å². The molecule has 1 aliphatic carbocycles. The number of amides is 2. The minimum atomic E-state index is -1.000. The highest BCUT2D eigenvalue weighted by molar-refractivity contribution is 7.17. The molecule has 1 atom stereocenters. The van der Waals surface area contributed by atoms with Gasteiger partial charge in [-0.3, -0.25) is 9.59 Å². The summed E-state index contributed by atoms with van der Waals surface area (Å²) >= 11 is 1.35. The maximum Gasteiger partial charge on any atom is 0.339 e. The van der Waals surface area contributed by atoms with Crippen molar-refractivity contribution in [3.8, 4) is 0 Å². The predicted octanol–water partition coefficient (Wildman–Crippen LogP) is 1.54. The summed E-state index contributed by atoms with van der Waals surface area (Å²) in [5, 5.41) is 15.1. The summed E-state index contributed by atoms with van der Waals surface area (Å²) in [4.78, 5) is 35.9. The molecule has 0 aromatic carbocycles. The summed E-state index contributed by atoms with van der Waals surface area (Å²) in [6, 6.07) is -0.557. The monoisotopic (exact) mass is 308 g/mol. The van der Waals surface area contributed by atoms with Crippen molar-refractivity contribution in [3.63, 3.8) is 0 Å². The van der Waals surface area contributed by atoms with Gasteiger partial charge in [0.25, 0.3) is 0 Å². The van der Waals surface area contributed by atoms with Gasteiger partial charge in [-0.2, -0.15) is 0 Å².